The number of hydrogen-bond donors (Lipinski definition) is 2. The number of hydrogen-bond acceptors (Lipinski definition) is 6. The molecule has 27 heavy (non-hydrogen) atoms. The lowest BCUT2D eigenvalue weighted by atomic mass is 10.2. The van der Waals surface area contributed by atoms with Crippen LogP contribution in [0.15, 0.2) is 29.6 Å². The number of rotatable bonds is 11. The number of nitrogens with one attached hydrogen (secondary N) is 2. The van der Waals surface area contributed by atoms with Crippen molar-refractivity contribution in [1.82, 2.24) is 10.3 Å². The van der Waals surface area contributed by atoms with Gasteiger partial charge in [-0.15, -0.1) is 11.3 Å². The van der Waals surface area contributed by atoms with Crippen LogP contribution in [-0.2, 0) is 4.74 Å². The minimum atomic E-state index is -0.289. The van der Waals surface area contributed by atoms with E-state index in [4.69, 9.17) is 9.47 Å². The summed E-state index contributed by atoms with van der Waals surface area (Å²) in [5.41, 5.74) is 0.775. The Kier molecular flexibility index (Phi) is 8.73. The highest BCUT2D eigenvalue weighted by molar-refractivity contribution is 7.14. The van der Waals surface area contributed by atoms with Crippen LogP contribution in [0.2, 0.25) is 0 Å². The molecule has 0 spiro atoms. The highest BCUT2D eigenvalue weighted by Gasteiger charge is 2.13. The lowest BCUT2D eigenvalue weighted by molar-refractivity contribution is 0.0935. The number of benzene rings is 1. The molecule has 2 aromatic rings. The Hall–Kier alpha value is -2.45. The molecular formula is C19H25N3O4S. The fraction of sp³-hybridized carbons (Fsp3) is 0.421. The maximum Gasteiger partial charge on any atom is 0.270 e. The van der Waals surface area contributed by atoms with Gasteiger partial charge in [-0.3, -0.25) is 14.9 Å². The first-order valence-corrected chi connectivity index (χ1v) is 9.79. The van der Waals surface area contributed by atoms with Crippen LogP contribution in [0.25, 0.3) is 0 Å². The number of amides is 2. The molecule has 0 bridgehead atoms. The van der Waals surface area contributed by atoms with Crippen LogP contribution in [0, 0.1) is 0 Å². The van der Waals surface area contributed by atoms with E-state index in [0.29, 0.717) is 29.6 Å². The Balaban J connectivity index is 1.76. The Morgan fingerprint density at radius 3 is 2.56 bits per heavy atom. The standard InChI is InChI=1S/C19H25N3O4S/c1-3-4-11-26-12-5-10-20-18(24)16-13-27-19(21-16)22-17(23)14-6-8-15(25-2)9-7-14/h6-9,13H,3-5,10-12H2,1-2H3,(H,20,24)(H,21,22,23). The first-order valence-electron chi connectivity index (χ1n) is 8.91. The summed E-state index contributed by atoms with van der Waals surface area (Å²) < 4.78 is 10.5. The maximum atomic E-state index is 12.2. The van der Waals surface area contributed by atoms with Gasteiger partial charge in [0, 0.05) is 30.7 Å². The van der Waals surface area contributed by atoms with E-state index in [2.05, 4.69) is 22.5 Å². The van der Waals surface area contributed by atoms with Gasteiger partial charge in [-0.25, -0.2) is 4.98 Å². The van der Waals surface area contributed by atoms with Crippen molar-refractivity contribution in [1.29, 1.82) is 0 Å². The first kappa shape index (κ1) is 20.9. The van der Waals surface area contributed by atoms with Crippen molar-refractivity contribution in [2.75, 3.05) is 32.2 Å². The molecule has 1 aromatic heterocycles. The topological polar surface area (TPSA) is 89.6 Å². The average Bonchev–Trinajstić information content (AvgIpc) is 3.15. The Bertz CT molecular complexity index is 731. The van der Waals surface area contributed by atoms with Crippen LogP contribution in [-0.4, -0.2) is 43.7 Å². The zero-order chi connectivity index (χ0) is 19.5. The molecule has 0 atom stereocenters. The number of carbonyl (C=O) groups excluding carboxylic acids is 2. The van der Waals surface area contributed by atoms with Gasteiger partial charge < -0.3 is 14.8 Å². The average molecular weight is 391 g/mol. The van der Waals surface area contributed by atoms with Crippen molar-refractivity contribution in [2.45, 2.75) is 26.2 Å². The molecule has 2 N–H and O–H groups in total. The van der Waals surface area contributed by atoms with Crippen LogP contribution in [0.1, 0.15) is 47.0 Å². The molecule has 0 aliphatic rings. The van der Waals surface area contributed by atoms with E-state index in [9.17, 15) is 9.59 Å². The largest absolute Gasteiger partial charge is 0.497 e. The Morgan fingerprint density at radius 1 is 1.11 bits per heavy atom. The van der Waals surface area contributed by atoms with Crippen molar-refractivity contribution in [3.63, 3.8) is 0 Å². The maximum absolute atomic E-state index is 12.2. The van der Waals surface area contributed by atoms with Crippen LogP contribution in [0.3, 0.4) is 0 Å². The number of ether oxygens (including phenoxy) is 2. The van der Waals surface area contributed by atoms with Gasteiger partial charge in [-0.1, -0.05) is 13.3 Å². The summed E-state index contributed by atoms with van der Waals surface area (Å²) in [5, 5.41) is 7.49. The predicted octanol–water partition coefficient (Wildman–Crippen LogP) is 3.34. The van der Waals surface area contributed by atoms with Crippen molar-refractivity contribution in [2.24, 2.45) is 0 Å². The summed E-state index contributed by atoms with van der Waals surface area (Å²) in [4.78, 5) is 28.5. The van der Waals surface area contributed by atoms with Gasteiger partial charge in [0.15, 0.2) is 5.13 Å². The van der Waals surface area contributed by atoms with E-state index in [1.165, 1.54) is 11.3 Å². The fourth-order valence-electron chi connectivity index (χ4n) is 2.16. The van der Waals surface area contributed by atoms with Gasteiger partial charge in [0.05, 0.1) is 7.11 Å². The van der Waals surface area contributed by atoms with E-state index in [0.717, 1.165) is 25.9 Å². The molecule has 0 radical (unpaired) electrons. The number of nitrogens with zero attached hydrogens (tertiary/aromatic N) is 1. The summed E-state index contributed by atoms with van der Waals surface area (Å²) >= 11 is 1.21. The summed E-state index contributed by atoms with van der Waals surface area (Å²) in [6, 6.07) is 6.75. The van der Waals surface area contributed by atoms with Crippen LogP contribution in [0.4, 0.5) is 5.13 Å². The molecule has 8 heteroatoms. The quantitative estimate of drug-likeness (QED) is 0.574. The smallest absolute Gasteiger partial charge is 0.270 e. The second kappa shape index (κ2) is 11.3. The second-order valence-electron chi connectivity index (χ2n) is 5.80. The minimum Gasteiger partial charge on any atom is -0.497 e. The van der Waals surface area contributed by atoms with Gasteiger partial charge in [0.25, 0.3) is 11.8 Å². The molecule has 7 nitrogen and oxygen atoms in total. The molecule has 0 saturated heterocycles. The third-order valence-electron chi connectivity index (χ3n) is 3.70. The normalized spacial score (nSPS) is 10.4. The molecule has 0 aliphatic heterocycles. The molecule has 1 aromatic carbocycles. The molecule has 0 saturated carbocycles. The van der Waals surface area contributed by atoms with Crippen molar-refractivity contribution >= 4 is 28.3 Å². The third kappa shape index (κ3) is 6.99. The molecule has 2 rings (SSSR count). The van der Waals surface area contributed by atoms with Crippen LogP contribution in [0.5, 0.6) is 5.75 Å². The number of unbranched alkanes of at least 4 members (excludes halogenated alkanes) is 1. The van der Waals surface area contributed by atoms with Crippen molar-refractivity contribution in [3.8, 4) is 5.75 Å². The fourth-order valence-corrected chi connectivity index (χ4v) is 2.85. The van der Waals surface area contributed by atoms with E-state index in [1.807, 2.05) is 0 Å². The number of aromatic nitrogens is 1. The van der Waals surface area contributed by atoms with E-state index in [-0.39, 0.29) is 17.5 Å². The Morgan fingerprint density at radius 2 is 1.85 bits per heavy atom. The predicted molar refractivity (Wildman–Crippen MR) is 106 cm³/mol. The van der Waals surface area contributed by atoms with Gasteiger partial charge >= 0.3 is 0 Å². The molecule has 2 amide bonds. The highest BCUT2D eigenvalue weighted by atomic mass is 32.1. The molecule has 0 unspecified atom stereocenters. The summed E-state index contributed by atoms with van der Waals surface area (Å²) in [7, 11) is 1.57. The summed E-state index contributed by atoms with van der Waals surface area (Å²) in [6.07, 6.45) is 2.91. The number of anilines is 1. The minimum absolute atomic E-state index is 0.259. The molecule has 0 aliphatic carbocycles. The Labute approximate surface area is 163 Å². The number of carbonyl (C=O) groups is 2. The van der Waals surface area contributed by atoms with Crippen LogP contribution < -0.4 is 15.4 Å². The monoisotopic (exact) mass is 391 g/mol. The SMILES string of the molecule is CCCCOCCCNC(=O)c1csc(NC(=O)c2ccc(OC)cc2)n1. The lowest BCUT2D eigenvalue weighted by Gasteiger charge is -2.05. The van der Waals surface area contributed by atoms with Gasteiger partial charge in [-0.2, -0.15) is 0 Å². The van der Waals surface area contributed by atoms with Crippen molar-refractivity contribution in [3.05, 3.63) is 40.9 Å². The highest BCUT2D eigenvalue weighted by Crippen LogP contribution is 2.17. The van der Waals surface area contributed by atoms with Gasteiger partial charge in [0.2, 0.25) is 0 Å². The summed E-state index contributed by atoms with van der Waals surface area (Å²) in [6.45, 7) is 4.02. The van der Waals surface area contributed by atoms with E-state index in [1.54, 1.807) is 36.8 Å². The number of thiazole rings is 1. The van der Waals surface area contributed by atoms with Crippen molar-refractivity contribution < 1.29 is 19.1 Å². The second-order valence-corrected chi connectivity index (χ2v) is 6.65. The van der Waals surface area contributed by atoms with Crippen LogP contribution >= 0.6 is 11.3 Å². The van der Waals surface area contributed by atoms with Gasteiger partial charge in [-0.05, 0) is 37.1 Å². The zero-order valence-electron chi connectivity index (χ0n) is 15.6. The zero-order valence-corrected chi connectivity index (χ0v) is 16.4. The van der Waals surface area contributed by atoms with Gasteiger partial charge in [0.1, 0.15) is 11.4 Å². The molecule has 1 heterocycles. The van der Waals surface area contributed by atoms with E-state index >= 15 is 0 Å². The lowest BCUT2D eigenvalue weighted by Crippen LogP contribution is -2.25. The molecular weight excluding hydrogens is 366 g/mol. The number of methoxy groups -OCH3 is 1. The molecule has 146 valence electrons. The summed E-state index contributed by atoms with van der Waals surface area (Å²) in [5.74, 6) is 0.128. The first-order chi connectivity index (χ1) is 13.1. The molecule has 0 fully saturated rings. The van der Waals surface area contributed by atoms with E-state index < -0.39 is 0 Å². The third-order valence-corrected chi connectivity index (χ3v) is 4.46.